The molecule has 1 unspecified atom stereocenters. The van der Waals surface area contributed by atoms with E-state index in [2.05, 4.69) is 26.1 Å². The van der Waals surface area contributed by atoms with E-state index in [1.807, 2.05) is 18.2 Å². The Morgan fingerprint density at radius 1 is 1.29 bits per heavy atom. The number of benzene rings is 1. The van der Waals surface area contributed by atoms with Crippen molar-refractivity contribution in [3.05, 3.63) is 33.8 Å². The third-order valence-electron chi connectivity index (χ3n) is 2.56. The molecule has 1 N–H and O–H groups in total. The first-order valence-corrected chi connectivity index (χ1v) is 6.33. The predicted octanol–water partition coefficient (Wildman–Crippen LogP) is 4.07. The number of ether oxygens (including phenoxy) is 1. The molecule has 0 amide bonds. The third kappa shape index (κ3) is 4.47. The van der Waals surface area contributed by atoms with Crippen molar-refractivity contribution in [3.8, 4) is 0 Å². The SMILES string of the molecule is COCC(C)(C)NC(C)c1ccc(Cl)c(Cl)c1. The van der Waals surface area contributed by atoms with E-state index in [9.17, 15) is 0 Å². The van der Waals surface area contributed by atoms with Gasteiger partial charge in [-0.05, 0) is 38.5 Å². The van der Waals surface area contributed by atoms with Crippen molar-refractivity contribution in [1.82, 2.24) is 5.32 Å². The van der Waals surface area contributed by atoms with E-state index >= 15 is 0 Å². The van der Waals surface area contributed by atoms with Gasteiger partial charge < -0.3 is 10.1 Å². The molecule has 0 saturated heterocycles. The average molecular weight is 276 g/mol. The topological polar surface area (TPSA) is 21.3 Å². The molecule has 1 aromatic carbocycles. The second-order valence-corrected chi connectivity index (χ2v) is 5.67. The molecule has 0 spiro atoms. The molecule has 0 radical (unpaired) electrons. The molecule has 1 rings (SSSR count). The molecule has 96 valence electrons. The molecule has 0 aromatic heterocycles. The Balaban J connectivity index is 2.76. The van der Waals surface area contributed by atoms with Crippen LogP contribution in [0.2, 0.25) is 10.0 Å². The van der Waals surface area contributed by atoms with Gasteiger partial charge in [0.15, 0.2) is 0 Å². The van der Waals surface area contributed by atoms with Crippen LogP contribution < -0.4 is 5.32 Å². The van der Waals surface area contributed by atoms with Crippen molar-refractivity contribution in [1.29, 1.82) is 0 Å². The van der Waals surface area contributed by atoms with Crippen LogP contribution in [0.4, 0.5) is 0 Å². The van der Waals surface area contributed by atoms with Gasteiger partial charge in [0.25, 0.3) is 0 Å². The minimum absolute atomic E-state index is 0.0831. The van der Waals surface area contributed by atoms with Crippen LogP contribution in [0.25, 0.3) is 0 Å². The fourth-order valence-corrected chi connectivity index (χ4v) is 2.16. The van der Waals surface area contributed by atoms with Crippen LogP contribution >= 0.6 is 23.2 Å². The van der Waals surface area contributed by atoms with Crippen molar-refractivity contribution in [2.75, 3.05) is 13.7 Å². The molecule has 1 aromatic rings. The van der Waals surface area contributed by atoms with E-state index in [4.69, 9.17) is 27.9 Å². The van der Waals surface area contributed by atoms with Crippen molar-refractivity contribution >= 4 is 23.2 Å². The van der Waals surface area contributed by atoms with Gasteiger partial charge in [0.05, 0.1) is 16.7 Å². The molecule has 1 atom stereocenters. The zero-order valence-electron chi connectivity index (χ0n) is 10.7. The van der Waals surface area contributed by atoms with Gasteiger partial charge in [-0.15, -0.1) is 0 Å². The number of nitrogens with one attached hydrogen (secondary N) is 1. The minimum Gasteiger partial charge on any atom is -0.383 e. The monoisotopic (exact) mass is 275 g/mol. The Hall–Kier alpha value is -0.280. The molecule has 4 heteroatoms. The normalized spacial score (nSPS) is 13.8. The van der Waals surface area contributed by atoms with E-state index in [-0.39, 0.29) is 11.6 Å². The Morgan fingerprint density at radius 3 is 2.47 bits per heavy atom. The largest absolute Gasteiger partial charge is 0.383 e. The Bertz CT molecular complexity index is 380. The highest BCUT2D eigenvalue weighted by atomic mass is 35.5. The highest BCUT2D eigenvalue weighted by Gasteiger charge is 2.20. The third-order valence-corrected chi connectivity index (χ3v) is 3.30. The molecule has 0 aliphatic heterocycles. The highest BCUT2D eigenvalue weighted by molar-refractivity contribution is 6.42. The smallest absolute Gasteiger partial charge is 0.0639 e. The molecule has 0 aliphatic rings. The van der Waals surface area contributed by atoms with Crippen LogP contribution in [-0.2, 0) is 4.74 Å². The minimum atomic E-state index is -0.0831. The summed E-state index contributed by atoms with van der Waals surface area (Å²) in [5, 5.41) is 4.66. The number of hydrogen-bond acceptors (Lipinski definition) is 2. The second kappa shape index (κ2) is 6.05. The lowest BCUT2D eigenvalue weighted by atomic mass is 10.0. The molecule has 0 fully saturated rings. The van der Waals surface area contributed by atoms with Crippen molar-refractivity contribution < 1.29 is 4.74 Å². The lowest BCUT2D eigenvalue weighted by Gasteiger charge is -2.30. The van der Waals surface area contributed by atoms with Gasteiger partial charge in [-0.25, -0.2) is 0 Å². The second-order valence-electron chi connectivity index (χ2n) is 4.86. The van der Waals surface area contributed by atoms with Crippen LogP contribution in [0.15, 0.2) is 18.2 Å². The summed E-state index contributed by atoms with van der Waals surface area (Å²) in [4.78, 5) is 0. The summed E-state index contributed by atoms with van der Waals surface area (Å²) >= 11 is 11.9. The van der Waals surface area contributed by atoms with Gasteiger partial charge in [-0.2, -0.15) is 0 Å². The van der Waals surface area contributed by atoms with Crippen LogP contribution in [-0.4, -0.2) is 19.3 Å². The Morgan fingerprint density at radius 2 is 1.94 bits per heavy atom. The van der Waals surface area contributed by atoms with E-state index in [0.717, 1.165) is 5.56 Å². The quantitative estimate of drug-likeness (QED) is 0.875. The van der Waals surface area contributed by atoms with E-state index in [1.54, 1.807) is 7.11 Å². The molecular formula is C13H19Cl2NO. The first kappa shape index (κ1) is 14.8. The fraction of sp³-hybridized carbons (Fsp3) is 0.538. The maximum Gasteiger partial charge on any atom is 0.0639 e. The maximum absolute atomic E-state index is 6.01. The summed E-state index contributed by atoms with van der Waals surface area (Å²) in [6.07, 6.45) is 0. The maximum atomic E-state index is 6.01. The first-order chi connectivity index (χ1) is 7.85. The number of halogens is 2. The van der Waals surface area contributed by atoms with Gasteiger partial charge >= 0.3 is 0 Å². The molecule has 17 heavy (non-hydrogen) atoms. The summed E-state index contributed by atoms with van der Waals surface area (Å²) in [5.74, 6) is 0. The fourth-order valence-electron chi connectivity index (χ4n) is 1.85. The van der Waals surface area contributed by atoms with Crippen LogP contribution in [0.1, 0.15) is 32.4 Å². The molecule has 2 nitrogen and oxygen atoms in total. The van der Waals surface area contributed by atoms with E-state index < -0.39 is 0 Å². The van der Waals surface area contributed by atoms with Crippen molar-refractivity contribution in [2.45, 2.75) is 32.4 Å². The summed E-state index contributed by atoms with van der Waals surface area (Å²) < 4.78 is 5.18. The molecule has 0 heterocycles. The highest BCUT2D eigenvalue weighted by Crippen LogP contribution is 2.26. The Labute approximate surface area is 113 Å². The zero-order chi connectivity index (χ0) is 13.1. The van der Waals surface area contributed by atoms with E-state index in [0.29, 0.717) is 16.7 Å². The molecular weight excluding hydrogens is 257 g/mol. The lowest BCUT2D eigenvalue weighted by Crippen LogP contribution is -2.44. The van der Waals surface area contributed by atoms with Crippen LogP contribution in [0, 0.1) is 0 Å². The molecule has 0 saturated carbocycles. The first-order valence-electron chi connectivity index (χ1n) is 5.57. The summed E-state index contributed by atoms with van der Waals surface area (Å²) in [6, 6.07) is 5.88. The molecule has 0 bridgehead atoms. The summed E-state index contributed by atoms with van der Waals surface area (Å²) in [5.41, 5.74) is 1.03. The van der Waals surface area contributed by atoms with Gasteiger partial charge in [0.1, 0.15) is 0 Å². The summed E-state index contributed by atoms with van der Waals surface area (Å²) in [6.45, 7) is 6.95. The lowest BCUT2D eigenvalue weighted by molar-refractivity contribution is 0.122. The summed E-state index contributed by atoms with van der Waals surface area (Å²) in [7, 11) is 1.70. The molecule has 0 aliphatic carbocycles. The van der Waals surface area contributed by atoms with Crippen LogP contribution in [0.5, 0.6) is 0 Å². The van der Waals surface area contributed by atoms with Gasteiger partial charge in [-0.3, -0.25) is 0 Å². The van der Waals surface area contributed by atoms with Gasteiger partial charge in [0.2, 0.25) is 0 Å². The number of methoxy groups -OCH3 is 1. The van der Waals surface area contributed by atoms with Gasteiger partial charge in [-0.1, -0.05) is 29.3 Å². The standard InChI is InChI=1S/C13H19Cl2NO/c1-9(16-13(2,3)8-17-4)10-5-6-11(14)12(15)7-10/h5-7,9,16H,8H2,1-4H3. The zero-order valence-corrected chi connectivity index (χ0v) is 12.2. The Kier molecular flexibility index (Phi) is 5.26. The van der Waals surface area contributed by atoms with E-state index in [1.165, 1.54) is 0 Å². The van der Waals surface area contributed by atoms with Crippen molar-refractivity contribution in [2.24, 2.45) is 0 Å². The van der Waals surface area contributed by atoms with Gasteiger partial charge in [0, 0.05) is 18.7 Å². The van der Waals surface area contributed by atoms with Crippen molar-refractivity contribution in [3.63, 3.8) is 0 Å². The average Bonchev–Trinajstić information content (AvgIpc) is 2.21. The number of rotatable bonds is 5. The number of hydrogen-bond donors (Lipinski definition) is 1. The predicted molar refractivity (Wildman–Crippen MR) is 74.0 cm³/mol. The van der Waals surface area contributed by atoms with Crippen LogP contribution in [0.3, 0.4) is 0 Å².